The summed E-state index contributed by atoms with van der Waals surface area (Å²) in [5, 5.41) is 0. The lowest BCUT2D eigenvalue weighted by atomic mass is 10.0. The van der Waals surface area contributed by atoms with Crippen molar-refractivity contribution < 1.29 is 18.0 Å². The SMILES string of the molecule is Cc1cc(/C=C/CC(=O)Cc2ccncn2)cc(C(F)(F)F)c1. The number of hydrogen-bond acceptors (Lipinski definition) is 3. The number of carbonyl (C=O) groups excluding carboxylic acids is 1. The molecule has 0 amide bonds. The summed E-state index contributed by atoms with van der Waals surface area (Å²) in [4.78, 5) is 19.5. The van der Waals surface area contributed by atoms with Crippen molar-refractivity contribution in [3.05, 3.63) is 65.2 Å². The number of carbonyl (C=O) groups is 1. The molecule has 0 unspecified atom stereocenters. The molecule has 1 heterocycles. The number of Topliss-reactive ketones (excluding diaryl/α,β-unsaturated/α-hetero) is 1. The Hall–Kier alpha value is -2.50. The number of aromatic nitrogens is 2. The molecular formula is C17H15F3N2O. The molecule has 0 fully saturated rings. The predicted octanol–water partition coefficient (Wildman–Crippen LogP) is 4.02. The Morgan fingerprint density at radius 2 is 2.04 bits per heavy atom. The van der Waals surface area contributed by atoms with E-state index in [-0.39, 0.29) is 18.6 Å². The van der Waals surface area contributed by atoms with Crippen molar-refractivity contribution in [3.63, 3.8) is 0 Å². The van der Waals surface area contributed by atoms with E-state index in [1.54, 1.807) is 31.3 Å². The van der Waals surface area contributed by atoms with Gasteiger partial charge in [-0.05, 0) is 36.2 Å². The summed E-state index contributed by atoms with van der Waals surface area (Å²) in [5.74, 6) is -0.0661. The van der Waals surface area contributed by atoms with E-state index in [0.717, 1.165) is 12.1 Å². The maximum absolute atomic E-state index is 12.8. The molecule has 1 aromatic carbocycles. The van der Waals surface area contributed by atoms with Crippen LogP contribution in [0.5, 0.6) is 0 Å². The molecule has 1 aromatic heterocycles. The van der Waals surface area contributed by atoms with Crippen LogP contribution in [-0.2, 0) is 17.4 Å². The minimum Gasteiger partial charge on any atom is -0.299 e. The number of alkyl halides is 3. The monoisotopic (exact) mass is 320 g/mol. The van der Waals surface area contributed by atoms with Crippen LogP contribution in [0.2, 0.25) is 0 Å². The highest BCUT2D eigenvalue weighted by atomic mass is 19.4. The molecular weight excluding hydrogens is 305 g/mol. The predicted molar refractivity (Wildman–Crippen MR) is 80.6 cm³/mol. The maximum atomic E-state index is 12.8. The first-order valence-corrected chi connectivity index (χ1v) is 6.96. The lowest BCUT2D eigenvalue weighted by Crippen LogP contribution is -2.05. The average molecular weight is 320 g/mol. The first-order valence-electron chi connectivity index (χ1n) is 6.96. The van der Waals surface area contributed by atoms with Crippen LogP contribution in [0.3, 0.4) is 0 Å². The highest BCUT2D eigenvalue weighted by Gasteiger charge is 2.30. The van der Waals surface area contributed by atoms with Crippen LogP contribution >= 0.6 is 0 Å². The van der Waals surface area contributed by atoms with Crippen LogP contribution in [0.25, 0.3) is 6.08 Å². The summed E-state index contributed by atoms with van der Waals surface area (Å²) >= 11 is 0. The summed E-state index contributed by atoms with van der Waals surface area (Å²) in [6.07, 6.45) is 1.95. The lowest BCUT2D eigenvalue weighted by molar-refractivity contribution is -0.137. The third-order valence-electron chi connectivity index (χ3n) is 3.10. The molecule has 2 rings (SSSR count). The van der Waals surface area contributed by atoms with Gasteiger partial charge in [0.15, 0.2) is 0 Å². The Balaban J connectivity index is 2.00. The highest BCUT2D eigenvalue weighted by Crippen LogP contribution is 2.30. The Labute approximate surface area is 131 Å². The second-order valence-electron chi connectivity index (χ2n) is 5.15. The molecule has 0 aliphatic rings. The van der Waals surface area contributed by atoms with Gasteiger partial charge in [-0.1, -0.05) is 18.2 Å². The molecule has 0 saturated heterocycles. The van der Waals surface area contributed by atoms with Crippen LogP contribution in [-0.4, -0.2) is 15.8 Å². The molecule has 2 aromatic rings. The maximum Gasteiger partial charge on any atom is 0.416 e. The second-order valence-corrected chi connectivity index (χ2v) is 5.15. The Bertz CT molecular complexity index is 710. The van der Waals surface area contributed by atoms with Gasteiger partial charge >= 0.3 is 6.18 Å². The number of nitrogens with zero attached hydrogens (tertiary/aromatic N) is 2. The van der Waals surface area contributed by atoms with Gasteiger partial charge in [0, 0.05) is 19.0 Å². The van der Waals surface area contributed by atoms with E-state index in [1.165, 1.54) is 12.4 Å². The van der Waals surface area contributed by atoms with E-state index >= 15 is 0 Å². The zero-order chi connectivity index (χ0) is 16.9. The van der Waals surface area contributed by atoms with E-state index in [9.17, 15) is 18.0 Å². The van der Waals surface area contributed by atoms with Crippen molar-refractivity contribution in [2.24, 2.45) is 0 Å². The van der Waals surface area contributed by atoms with Crippen LogP contribution in [0.15, 0.2) is 42.9 Å². The zero-order valence-corrected chi connectivity index (χ0v) is 12.5. The third kappa shape index (κ3) is 5.32. The van der Waals surface area contributed by atoms with Crippen LogP contribution in [0, 0.1) is 6.92 Å². The summed E-state index contributed by atoms with van der Waals surface area (Å²) < 4.78 is 38.3. The Morgan fingerprint density at radius 1 is 1.26 bits per heavy atom. The fourth-order valence-corrected chi connectivity index (χ4v) is 2.10. The van der Waals surface area contributed by atoms with E-state index in [4.69, 9.17) is 0 Å². The first kappa shape index (κ1) is 16.9. The van der Waals surface area contributed by atoms with Crippen molar-refractivity contribution in [2.75, 3.05) is 0 Å². The fourth-order valence-electron chi connectivity index (χ4n) is 2.10. The molecule has 0 radical (unpaired) electrons. The van der Waals surface area contributed by atoms with Crippen molar-refractivity contribution in [3.8, 4) is 0 Å². The number of rotatable bonds is 5. The van der Waals surface area contributed by atoms with Crippen molar-refractivity contribution >= 4 is 11.9 Å². The van der Waals surface area contributed by atoms with E-state index in [1.807, 2.05) is 0 Å². The quantitative estimate of drug-likeness (QED) is 0.835. The number of aryl methyl sites for hydroxylation is 1. The molecule has 0 aliphatic carbocycles. The van der Waals surface area contributed by atoms with Gasteiger partial charge in [0.1, 0.15) is 12.1 Å². The Kier molecular flexibility index (Phi) is 5.26. The molecule has 120 valence electrons. The number of allylic oxidation sites excluding steroid dienone is 1. The van der Waals surface area contributed by atoms with Crippen molar-refractivity contribution in [1.29, 1.82) is 0 Å². The van der Waals surface area contributed by atoms with E-state index in [0.29, 0.717) is 16.8 Å². The van der Waals surface area contributed by atoms with Gasteiger partial charge in [-0.3, -0.25) is 4.79 Å². The number of ketones is 1. The molecule has 0 N–H and O–H groups in total. The molecule has 0 atom stereocenters. The van der Waals surface area contributed by atoms with Crippen LogP contribution < -0.4 is 0 Å². The molecule has 0 saturated carbocycles. The lowest BCUT2D eigenvalue weighted by Gasteiger charge is -2.08. The van der Waals surface area contributed by atoms with Gasteiger partial charge in [-0.25, -0.2) is 9.97 Å². The minimum atomic E-state index is -4.38. The first-order chi connectivity index (χ1) is 10.8. The number of benzene rings is 1. The second kappa shape index (κ2) is 7.17. The fraction of sp³-hybridized carbons (Fsp3) is 0.235. The average Bonchev–Trinajstić information content (AvgIpc) is 2.47. The number of halogens is 3. The van der Waals surface area contributed by atoms with Crippen LogP contribution in [0.4, 0.5) is 13.2 Å². The molecule has 6 heteroatoms. The van der Waals surface area contributed by atoms with Gasteiger partial charge in [0.2, 0.25) is 0 Å². The van der Waals surface area contributed by atoms with Gasteiger partial charge in [0.25, 0.3) is 0 Å². The summed E-state index contributed by atoms with van der Waals surface area (Å²) in [7, 11) is 0. The molecule has 23 heavy (non-hydrogen) atoms. The molecule has 0 spiro atoms. The van der Waals surface area contributed by atoms with Crippen molar-refractivity contribution in [1.82, 2.24) is 9.97 Å². The molecule has 0 bridgehead atoms. The topological polar surface area (TPSA) is 42.9 Å². The van der Waals surface area contributed by atoms with Gasteiger partial charge in [-0.2, -0.15) is 13.2 Å². The van der Waals surface area contributed by atoms with E-state index in [2.05, 4.69) is 9.97 Å². The van der Waals surface area contributed by atoms with Crippen molar-refractivity contribution in [2.45, 2.75) is 25.9 Å². The summed E-state index contributed by atoms with van der Waals surface area (Å²) in [6, 6.07) is 5.45. The molecule has 3 nitrogen and oxygen atoms in total. The minimum absolute atomic E-state index is 0.0661. The third-order valence-corrected chi connectivity index (χ3v) is 3.10. The summed E-state index contributed by atoms with van der Waals surface area (Å²) in [5.41, 5.74) is 0.872. The van der Waals surface area contributed by atoms with Crippen LogP contribution in [0.1, 0.15) is 28.8 Å². The van der Waals surface area contributed by atoms with E-state index < -0.39 is 11.7 Å². The normalized spacial score (nSPS) is 11.8. The largest absolute Gasteiger partial charge is 0.416 e. The van der Waals surface area contributed by atoms with Gasteiger partial charge < -0.3 is 0 Å². The highest BCUT2D eigenvalue weighted by molar-refractivity contribution is 5.82. The number of hydrogen-bond donors (Lipinski definition) is 0. The van der Waals surface area contributed by atoms with Gasteiger partial charge in [0.05, 0.1) is 11.3 Å². The van der Waals surface area contributed by atoms with Gasteiger partial charge in [-0.15, -0.1) is 0 Å². The standard InChI is InChI=1S/C17H15F3N2O/c1-12-7-13(9-14(8-12)17(18,19)20)3-2-4-16(23)10-15-5-6-21-11-22-15/h2-3,5-9,11H,4,10H2,1H3/b3-2+. The molecule has 0 aliphatic heterocycles. The zero-order valence-electron chi connectivity index (χ0n) is 12.5. The Morgan fingerprint density at radius 3 is 2.70 bits per heavy atom. The summed E-state index contributed by atoms with van der Waals surface area (Å²) in [6.45, 7) is 1.60. The smallest absolute Gasteiger partial charge is 0.299 e.